The highest BCUT2D eigenvalue weighted by molar-refractivity contribution is 9.10. The predicted octanol–water partition coefficient (Wildman–Crippen LogP) is 24.1. The number of benzene rings is 8. The number of nitrogens with one attached hydrogen (secondary N) is 4. The Morgan fingerprint density at radius 3 is 0.907 bits per heavy atom. The summed E-state index contributed by atoms with van der Waals surface area (Å²) in [5, 5.41) is 14.7. The Morgan fingerprint density at radius 2 is 0.620 bits per heavy atom. The van der Waals surface area contributed by atoms with Crippen molar-refractivity contribution < 1.29 is 46.9 Å². The minimum atomic E-state index is -0.310. The Balaban J connectivity index is 0.000000166. The van der Waals surface area contributed by atoms with Gasteiger partial charge >= 0.3 is 23.9 Å². The van der Waals surface area contributed by atoms with Crippen LogP contribution in [0.2, 0.25) is 5.02 Å². The molecule has 108 heavy (non-hydrogen) atoms. The Morgan fingerprint density at radius 1 is 0.343 bits per heavy atom. The average Bonchev–Trinajstić information content (AvgIpc) is 0.850. The molecule has 12 nitrogen and oxygen atoms in total. The molecule has 0 aliphatic heterocycles. The van der Waals surface area contributed by atoms with Crippen molar-refractivity contribution in [3.63, 3.8) is 0 Å². The number of anilines is 4. The van der Waals surface area contributed by atoms with Gasteiger partial charge in [-0.05, 0) is 219 Å². The van der Waals surface area contributed by atoms with Gasteiger partial charge in [0.1, 0.15) is 11.6 Å². The molecule has 8 aromatic carbocycles. The monoisotopic (exact) mass is 1550 g/mol. The van der Waals surface area contributed by atoms with E-state index in [0.29, 0.717) is 80.2 Å². The summed E-state index contributed by atoms with van der Waals surface area (Å²) < 4.78 is 48.3. The number of hydrogen-bond acceptors (Lipinski definition) is 12. The van der Waals surface area contributed by atoms with E-state index in [1.54, 1.807) is 25.1 Å². The van der Waals surface area contributed by atoms with Crippen LogP contribution in [-0.2, 0) is 70.8 Å². The Hall–Kier alpha value is -8.53. The SMILES string of the molecule is CCOC(=O)c1ccc(CC2CCCCC2)c(NCc2ccc(Br)cc2)c1.CCOC(=O)c1ccc(CC2CCCCC2)c(NCc2ccc(Cl)cc2)c1.CCOC(=O)c1ccc(CC2CCCCC2)c(NCc2ccc(F)cc2)c1.CCOC(=O)c1ccc(CC2CCCCC2)c(NCc2cccc(F)c2)c1. The van der Waals surface area contributed by atoms with Gasteiger partial charge in [-0.15, -0.1) is 0 Å². The molecule has 16 heteroatoms. The van der Waals surface area contributed by atoms with Crippen molar-refractivity contribution in [3.8, 4) is 0 Å². The molecule has 4 fully saturated rings. The fraction of sp³-hybridized carbons (Fsp3) is 0.435. The smallest absolute Gasteiger partial charge is 0.338 e. The Kier molecular flexibility index (Phi) is 35.1. The van der Waals surface area contributed by atoms with Gasteiger partial charge in [-0.1, -0.05) is 229 Å². The van der Waals surface area contributed by atoms with Crippen molar-refractivity contribution in [1.29, 1.82) is 0 Å². The van der Waals surface area contributed by atoms with Crippen molar-refractivity contribution in [2.45, 2.75) is 208 Å². The molecule has 0 bridgehead atoms. The molecule has 4 saturated carbocycles. The zero-order valence-corrected chi connectivity index (χ0v) is 66.2. The van der Waals surface area contributed by atoms with Crippen LogP contribution in [0.1, 0.15) is 242 Å². The van der Waals surface area contributed by atoms with E-state index in [4.69, 9.17) is 30.5 Å². The number of rotatable bonds is 28. The molecule has 12 rings (SSSR count). The molecule has 0 aromatic heterocycles. The first kappa shape index (κ1) is 83.5. The summed E-state index contributed by atoms with van der Waals surface area (Å²) in [4.78, 5) is 48.5. The van der Waals surface area contributed by atoms with Crippen LogP contribution in [0.3, 0.4) is 0 Å². The lowest BCUT2D eigenvalue weighted by atomic mass is 9.84. The van der Waals surface area contributed by atoms with E-state index in [2.05, 4.69) is 73.6 Å². The summed E-state index contributed by atoms with van der Waals surface area (Å²) in [5.41, 5.74) is 15.6. The van der Waals surface area contributed by atoms with Crippen molar-refractivity contribution >= 4 is 74.2 Å². The minimum absolute atomic E-state index is 0.235. The van der Waals surface area contributed by atoms with Crippen LogP contribution in [0.15, 0.2) is 174 Å². The van der Waals surface area contributed by atoms with Crippen LogP contribution < -0.4 is 21.3 Å². The summed E-state index contributed by atoms with van der Waals surface area (Å²) in [6, 6.07) is 52.6. The van der Waals surface area contributed by atoms with Gasteiger partial charge in [-0.25, -0.2) is 28.0 Å². The first-order valence-corrected chi connectivity index (χ1v) is 40.9. The van der Waals surface area contributed by atoms with Crippen LogP contribution in [0.5, 0.6) is 0 Å². The normalized spacial score (nSPS) is 14.7. The fourth-order valence-corrected chi connectivity index (χ4v) is 15.5. The minimum Gasteiger partial charge on any atom is -0.462 e. The maximum atomic E-state index is 13.4. The van der Waals surface area contributed by atoms with E-state index >= 15 is 0 Å². The molecule has 4 aliphatic carbocycles. The Labute approximate surface area is 654 Å². The highest BCUT2D eigenvalue weighted by Crippen LogP contribution is 2.36. The first-order valence-electron chi connectivity index (χ1n) is 39.8. The molecule has 0 spiro atoms. The largest absolute Gasteiger partial charge is 0.462 e. The summed E-state index contributed by atoms with van der Waals surface area (Å²) in [6.45, 7) is 11.3. The van der Waals surface area contributed by atoms with E-state index in [-0.39, 0.29) is 35.5 Å². The van der Waals surface area contributed by atoms with Crippen LogP contribution in [-0.4, -0.2) is 50.3 Å². The number of carbonyl (C=O) groups excluding carboxylic acids is 4. The van der Waals surface area contributed by atoms with Gasteiger partial charge in [0.05, 0.1) is 48.7 Å². The second-order valence-corrected chi connectivity index (χ2v) is 30.5. The van der Waals surface area contributed by atoms with Gasteiger partial charge in [0.15, 0.2) is 0 Å². The zero-order valence-electron chi connectivity index (χ0n) is 63.9. The van der Waals surface area contributed by atoms with Crippen molar-refractivity contribution in [2.75, 3.05) is 47.7 Å². The highest BCUT2D eigenvalue weighted by Gasteiger charge is 2.23. The standard InChI is InChI=1S/C23H28BrNO2.C23H28ClNO2.2C23H28FNO2/c2*1-2-27-23(26)20-11-10-19(14-17-6-4-3-5-7-17)22(15-20)25-16-18-8-12-21(24)13-9-18;1-2-27-23(26)20-12-11-19(13-17-7-4-3-5-8-17)22(15-20)25-16-18-9-6-10-21(24)14-18;1-2-27-23(26)20-11-10-19(14-17-6-4-3-5-7-17)22(15-20)25-16-18-8-12-21(24)13-9-18/h2*8-13,15,17,25H,2-7,14,16H2,1H3;6,9-12,14-15,17,25H,2-5,7-8,13,16H2,1H3;8-13,15,17,25H,2-7,14,16H2,1H3. The predicted molar refractivity (Wildman–Crippen MR) is 438 cm³/mol. The molecule has 4 N–H and O–H groups in total. The number of hydrogen-bond donors (Lipinski definition) is 4. The molecular formula is C92H112BrClF2N4O8. The van der Waals surface area contributed by atoms with Gasteiger partial charge < -0.3 is 40.2 Å². The molecule has 0 amide bonds. The molecule has 0 unspecified atom stereocenters. The molecule has 4 aliphatic rings. The quantitative estimate of drug-likeness (QED) is 0.0273. The van der Waals surface area contributed by atoms with Crippen LogP contribution in [0.25, 0.3) is 0 Å². The molecule has 576 valence electrons. The Bertz CT molecular complexity index is 3770. The molecule has 8 aromatic rings. The molecular weight excluding hydrogens is 1440 g/mol. The second-order valence-electron chi connectivity index (χ2n) is 29.1. The number of esters is 4. The van der Waals surface area contributed by atoms with E-state index in [9.17, 15) is 28.0 Å². The van der Waals surface area contributed by atoms with Gasteiger partial charge in [0.2, 0.25) is 0 Å². The number of halogens is 4. The maximum absolute atomic E-state index is 13.4. The van der Waals surface area contributed by atoms with Crippen LogP contribution >= 0.6 is 27.5 Å². The molecule has 0 radical (unpaired) electrons. The lowest BCUT2D eigenvalue weighted by Crippen LogP contribution is -2.12. The summed E-state index contributed by atoms with van der Waals surface area (Å²) in [6.07, 6.45) is 30.5. The molecule has 0 heterocycles. The maximum Gasteiger partial charge on any atom is 0.338 e. The van der Waals surface area contributed by atoms with Crippen LogP contribution in [0.4, 0.5) is 31.5 Å². The van der Waals surface area contributed by atoms with Crippen LogP contribution in [0, 0.1) is 35.3 Å². The van der Waals surface area contributed by atoms with Gasteiger partial charge in [0, 0.05) is 58.4 Å². The third kappa shape index (κ3) is 28.2. The topological polar surface area (TPSA) is 153 Å². The summed E-state index contributed by atoms with van der Waals surface area (Å²) in [7, 11) is 0. The first-order chi connectivity index (χ1) is 52.6. The number of carbonyl (C=O) groups is 4. The number of ether oxygens (including phenoxy) is 4. The lowest BCUT2D eigenvalue weighted by Gasteiger charge is -2.23. The van der Waals surface area contributed by atoms with Crippen molar-refractivity contribution in [2.24, 2.45) is 23.7 Å². The van der Waals surface area contributed by atoms with E-state index in [0.717, 1.165) is 93.0 Å². The highest BCUT2D eigenvalue weighted by atomic mass is 79.9. The van der Waals surface area contributed by atoms with Crippen molar-refractivity contribution in [1.82, 2.24) is 0 Å². The summed E-state index contributed by atoms with van der Waals surface area (Å²) in [5.74, 6) is 1.29. The van der Waals surface area contributed by atoms with Gasteiger partial charge in [-0.2, -0.15) is 0 Å². The third-order valence-corrected chi connectivity index (χ3v) is 21.8. The fourth-order valence-electron chi connectivity index (χ4n) is 15.1. The van der Waals surface area contributed by atoms with Gasteiger partial charge in [-0.3, -0.25) is 0 Å². The summed E-state index contributed by atoms with van der Waals surface area (Å²) >= 11 is 9.45. The molecule has 0 saturated heterocycles. The lowest BCUT2D eigenvalue weighted by molar-refractivity contribution is 0.0517. The van der Waals surface area contributed by atoms with Crippen molar-refractivity contribution in [3.05, 3.63) is 258 Å². The van der Waals surface area contributed by atoms with E-state index < -0.39 is 0 Å². The third-order valence-electron chi connectivity index (χ3n) is 21.0. The zero-order chi connectivity index (χ0) is 76.2. The van der Waals surface area contributed by atoms with Gasteiger partial charge in [0.25, 0.3) is 0 Å². The second kappa shape index (κ2) is 45.4. The van der Waals surface area contributed by atoms with E-state index in [1.165, 1.54) is 180 Å². The molecule has 0 atom stereocenters. The van der Waals surface area contributed by atoms with E-state index in [1.807, 2.05) is 112 Å². The average molecular weight is 1560 g/mol.